The summed E-state index contributed by atoms with van der Waals surface area (Å²) in [6.45, 7) is 0.305. The maximum absolute atomic E-state index is 12.8. The van der Waals surface area contributed by atoms with E-state index in [9.17, 15) is 19.2 Å². The van der Waals surface area contributed by atoms with Crippen LogP contribution in [0.5, 0.6) is 0 Å². The number of nitrogens with zero attached hydrogens (tertiary/aromatic N) is 2. The Kier molecular flexibility index (Phi) is 5.18. The second-order valence-electron chi connectivity index (χ2n) is 8.02. The maximum atomic E-state index is 12.8. The number of pyridine rings is 1. The summed E-state index contributed by atoms with van der Waals surface area (Å²) < 4.78 is 0. The number of carbonyl (C=O) groups excluding carboxylic acids is 4. The first-order valence-electron chi connectivity index (χ1n) is 10.6. The fourth-order valence-electron chi connectivity index (χ4n) is 4.17. The van der Waals surface area contributed by atoms with Crippen molar-refractivity contribution in [3.63, 3.8) is 0 Å². The second kappa shape index (κ2) is 8.31. The molecule has 8 nitrogen and oxygen atoms in total. The summed E-state index contributed by atoms with van der Waals surface area (Å²) in [6.07, 6.45) is 2.14. The molecule has 1 unspecified atom stereocenters. The normalized spacial score (nSPS) is 17.5. The predicted octanol–water partition coefficient (Wildman–Crippen LogP) is 2.76. The summed E-state index contributed by atoms with van der Waals surface area (Å²) in [4.78, 5) is 54.8. The van der Waals surface area contributed by atoms with Crippen LogP contribution in [0.3, 0.4) is 0 Å². The lowest BCUT2D eigenvalue weighted by molar-refractivity contribution is -0.136. The first kappa shape index (κ1) is 20.6. The van der Waals surface area contributed by atoms with E-state index < -0.39 is 11.9 Å². The number of amides is 4. The smallest absolute Gasteiger partial charge is 0.255 e. The van der Waals surface area contributed by atoms with Crippen LogP contribution in [0.2, 0.25) is 0 Å². The van der Waals surface area contributed by atoms with E-state index in [0.717, 1.165) is 11.1 Å². The van der Waals surface area contributed by atoms with Gasteiger partial charge in [-0.1, -0.05) is 24.3 Å². The minimum Gasteiger partial charge on any atom is -0.322 e. The molecule has 2 aliphatic heterocycles. The zero-order chi connectivity index (χ0) is 22.9. The molecule has 3 heterocycles. The lowest BCUT2D eigenvalue weighted by Gasteiger charge is -2.29. The van der Waals surface area contributed by atoms with Gasteiger partial charge in [0, 0.05) is 29.7 Å². The van der Waals surface area contributed by atoms with Gasteiger partial charge >= 0.3 is 0 Å². The first-order valence-corrected chi connectivity index (χ1v) is 10.6. The monoisotopic (exact) mass is 440 g/mol. The van der Waals surface area contributed by atoms with Crippen molar-refractivity contribution >= 4 is 29.3 Å². The van der Waals surface area contributed by atoms with Gasteiger partial charge in [-0.05, 0) is 48.4 Å². The topological polar surface area (TPSA) is 108 Å². The Bertz CT molecular complexity index is 1270. The fourth-order valence-corrected chi connectivity index (χ4v) is 4.17. The Morgan fingerprint density at radius 2 is 1.85 bits per heavy atom. The van der Waals surface area contributed by atoms with E-state index in [1.807, 2.05) is 18.2 Å². The van der Waals surface area contributed by atoms with Gasteiger partial charge in [-0.3, -0.25) is 29.5 Å². The highest BCUT2D eigenvalue weighted by Gasteiger charge is 2.39. The third kappa shape index (κ3) is 3.98. The van der Waals surface area contributed by atoms with E-state index in [-0.39, 0.29) is 24.1 Å². The molecule has 1 atom stereocenters. The minimum absolute atomic E-state index is 0.210. The number of carbonyl (C=O) groups is 4. The van der Waals surface area contributed by atoms with Gasteiger partial charge in [0.2, 0.25) is 11.8 Å². The molecular weight excluding hydrogens is 420 g/mol. The Balaban J connectivity index is 1.31. The largest absolute Gasteiger partial charge is 0.322 e. The summed E-state index contributed by atoms with van der Waals surface area (Å²) in [5.41, 5.74) is 4.02. The molecule has 3 aromatic rings. The van der Waals surface area contributed by atoms with Gasteiger partial charge < -0.3 is 10.2 Å². The van der Waals surface area contributed by atoms with Gasteiger partial charge in [-0.15, -0.1) is 0 Å². The summed E-state index contributed by atoms with van der Waals surface area (Å²) in [5.74, 6) is -1.16. The molecule has 1 fully saturated rings. The molecule has 1 aromatic heterocycles. The van der Waals surface area contributed by atoms with Gasteiger partial charge in [-0.2, -0.15) is 0 Å². The fraction of sp³-hybridized carbons (Fsp3) is 0.160. The SMILES string of the molecule is O=C1CCC(N2Cc3cc(-c4ccc(NC(=O)c5ccccc5)cn4)ccc3C2=O)C(=O)N1. The number of nitrogens with one attached hydrogen (secondary N) is 2. The van der Waals surface area contributed by atoms with Crippen molar-refractivity contribution in [1.29, 1.82) is 0 Å². The van der Waals surface area contributed by atoms with Crippen molar-refractivity contribution in [3.8, 4) is 11.3 Å². The highest BCUT2D eigenvalue weighted by molar-refractivity contribution is 6.06. The molecule has 8 heteroatoms. The third-order valence-electron chi connectivity index (χ3n) is 5.88. The molecule has 0 radical (unpaired) electrons. The Hall–Kier alpha value is -4.33. The number of anilines is 1. The number of rotatable bonds is 4. The molecular formula is C25H20N4O4. The molecule has 0 bridgehead atoms. The quantitative estimate of drug-likeness (QED) is 0.607. The van der Waals surface area contributed by atoms with Crippen LogP contribution >= 0.6 is 0 Å². The van der Waals surface area contributed by atoms with Crippen molar-refractivity contribution in [1.82, 2.24) is 15.2 Å². The maximum Gasteiger partial charge on any atom is 0.255 e. The summed E-state index contributed by atoms with van der Waals surface area (Å²) >= 11 is 0. The molecule has 164 valence electrons. The van der Waals surface area contributed by atoms with Crippen LogP contribution in [0.25, 0.3) is 11.3 Å². The molecule has 4 amide bonds. The standard InChI is InChI=1S/C25H20N4O4/c30-22-11-10-21(24(32)28-22)29-14-17-12-16(6-8-19(17)25(29)33)20-9-7-18(13-26-20)27-23(31)15-4-2-1-3-5-15/h1-9,12-13,21H,10-11,14H2,(H,27,31)(H,28,30,32). The van der Waals surface area contributed by atoms with Crippen LogP contribution in [-0.2, 0) is 16.1 Å². The number of benzene rings is 2. The molecule has 0 spiro atoms. The van der Waals surface area contributed by atoms with Crippen LogP contribution in [0, 0.1) is 0 Å². The van der Waals surface area contributed by atoms with E-state index in [1.54, 1.807) is 48.7 Å². The molecule has 1 saturated heterocycles. The highest BCUT2D eigenvalue weighted by atomic mass is 16.2. The zero-order valence-corrected chi connectivity index (χ0v) is 17.6. The van der Waals surface area contributed by atoms with Crippen molar-refractivity contribution in [3.05, 3.63) is 83.6 Å². The van der Waals surface area contributed by atoms with E-state index >= 15 is 0 Å². The summed E-state index contributed by atoms with van der Waals surface area (Å²) in [5, 5.41) is 5.13. The van der Waals surface area contributed by atoms with Gasteiger partial charge in [0.05, 0.1) is 17.6 Å². The lowest BCUT2D eigenvalue weighted by atomic mass is 10.0. The van der Waals surface area contributed by atoms with E-state index in [0.29, 0.717) is 35.5 Å². The number of piperidine rings is 1. The Morgan fingerprint density at radius 1 is 1.03 bits per heavy atom. The average molecular weight is 440 g/mol. The van der Waals surface area contributed by atoms with Gasteiger partial charge in [0.25, 0.3) is 11.8 Å². The Morgan fingerprint density at radius 3 is 2.58 bits per heavy atom. The highest BCUT2D eigenvalue weighted by Crippen LogP contribution is 2.31. The molecule has 0 aliphatic carbocycles. The van der Waals surface area contributed by atoms with Crippen LogP contribution in [0.4, 0.5) is 5.69 Å². The van der Waals surface area contributed by atoms with Gasteiger partial charge in [0.15, 0.2) is 0 Å². The molecule has 2 aliphatic rings. The Labute approximate surface area is 189 Å². The van der Waals surface area contributed by atoms with Crippen molar-refractivity contribution in [2.24, 2.45) is 0 Å². The van der Waals surface area contributed by atoms with Crippen molar-refractivity contribution in [2.75, 3.05) is 5.32 Å². The number of hydrogen-bond acceptors (Lipinski definition) is 5. The van der Waals surface area contributed by atoms with E-state index in [2.05, 4.69) is 15.6 Å². The van der Waals surface area contributed by atoms with Gasteiger partial charge in [0.1, 0.15) is 6.04 Å². The zero-order valence-electron chi connectivity index (χ0n) is 17.6. The molecule has 0 saturated carbocycles. The number of hydrogen-bond donors (Lipinski definition) is 2. The van der Waals surface area contributed by atoms with E-state index in [1.165, 1.54) is 4.90 Å². The average Bonchev–Trinajstić information content (AvgIpc) is 3.15. The van der Waals surface area contributed by atoms with Gasteiger partial charge in [-0.25, -0.2) is 0 Å². The van der Waals surface area contributed by atoms with Crippen LogP contribution in [0.1, 0.15) is 39.1 Å². The molecule has 33 heavy (non-hydrogen) atoms. The van der Waals surface area contributed by atoms with Crippen molar-refractivity contribution in [2.45, 2.75) is 25.4 Å². The van der Waals surface area contributed by atoms with Crippen LogP contribution in [0.15, 0.2) is 66.9 Å². The van der Waals surface area contributed by atoms with Crippen LogP contribution in [-0.4, -0.2) is 39.6 Å². The van der Waals surface area contributed by atoms with Crippen molar-refractivity contribution < 1.29 is 19.2 Å². The van der Waals surface area contributed by atoms with Crippen LogP contribution < -0.4 is 10.6 Å². The number of aromatic nitrogens is 1. The summed E-state index contributed by atoms with van der Waals surface area (Å²) in [6, 6.07) is 17.3. The first-order chi connectivity index (χ1) is 16.0. The van der Waals surface area contributed by atoms with E-state index in [4.69, 9.17) is 0 Å². The molecule has 2 aromatic carbocycles. The lowest BCUT2D eigenvalue weighted by Crippen LogP contribution is -2.52. The molecule has 2 N–H and O–H groups in total. The predicted molar refractivity (Wildman–Crippen MR) is 120 cm³/mol. The summed E-state index contributed by atoms with van der Waals surface area (Å²) in [7, 11) is 0. The minimum atomic E-state index is -0.642. The second-order valence-corrected chi connectivity index (χ2v) is 8.02. The molecule has 5 rings (SSSR count). The number of fused-ring (bicyclic) bond motifs is 1. The third-order valence-corrected chi connectivity index (χ3v) is 5.88. The number of imide groups is 1.